The molecule has 0 radical (unpaired) electrons. The summed E-state index contributed by atoms with van der Waals surface area (Å²) >= 11 is 0. The van der Waals surface area contributed by atoms with Crippen molar-refractivity contribution >= 4 is 17.3 Å². The van der Waals surface area contributed by atoms with Crippen molar-refractivity contribution in [2.45, 2.75) is 73.3 Å². The number of nitrogens with one attached hydrogen (secondary N) is 1. The molecule has 36 heavy (non-hydrogen) atoms. The molecule has 1 saturated carbocycles. The maximum absolute atomic E-state index is 7.08. The van der Waals surface area contributed by atoms with Crippen LogP contribution >= 0.6 is 0 Å². The Balaban J connectivity index is 2.03. The van der Waals surface area contributed by atoms with Gasteiger partial charge in [0.25, 0.3) is 0 Å². The summed E-state index contributed by atoms with van der Waals surface area (Å²) in [6.45, 7) is 20.5. The van der Waals surface area contributed by atoms with Gasteiger partial charge in [-0.3, -0.25) is 0 Å². The van der Waals surface area contributed by atoms with Gasteiger partial charge in [-0.05, 0) is 61.8 Å². The van der Waals surface area contributed by atoms with Gasteiger partial charge in [-0.25, -0.2) is 4.98 Å². The summed E-state index contributed by atoms with van der Waals surface area (Å²) in [5, 5.41) is 3.19. The van der Waals surface area contributed by atoms with Crippen LogP contribution in [0.2, 0.25) is 0 Å². The SMILES string of the molecule is CCOc1c(OC)cc(C(C)(C)c2cnc(N)nc2NC)c2c1OC(C)(C1C(C)C1(C)C)C(C)=C2C. The van der Waals surface area contributed by atoms with E-state index in [0.29, 0.717) is 35.8 Å². The molecule has 7 heteroatoms. The molecule has 4 rings (SSSR count). The van der Waals surface area contributed by atoms with Crippen LogP contribution in [0.3, 0.4) is 0 Å². The molecule has 3 unspecified atom stereocenters. The molecule has 196 valence electrons. The first-order valence-corrected chi connectivity index (χ1v) is 12.8. The van der Waals surface area contributed by atoms with Crippen molar-refractivity contribution in [2.24, 2.45) is 17.3 Å². The molecule has 2 aliphatic rings. The highest BCUT2D eigenvalue weighted by Gasteiger charge is 2.65. The van der Waals surface area contributed by atoms with Crippen LogP contribution in [0.4, 0.5) is 11.8 Å². The number of allylic oxidation sites excluding steroid dienone is 1. The molecule has 2 heterocycles. The zero-order chi connectivity index (χ0) is 26.8. The number of rotatable bonds is 7. The van der Waals surface area contributed by atoms with E-state index < -0.39 is 11.0 Å². The summed E-state index contributed by atoms with van der Waals surface area (Å²) in [6, 6.07) is 2.08. The van der Waals surface area contributed by atoms with Crippen LogP contribution in [0.25, 0.3) is 5.57 Å². The fourth-order valence-corrected chi connectivity index (χ4v) is 6.43. The fourth-order valence-electron chi connectivity index (χ4n) is 6.43. The molecule has 0 amide bonds. The number of anilines is 2. The molecule has 1 aromatic heterocycles. The fraction of sp³-hybridized carbons (Fsp3) is 0.586. The van der Waals surface area contributed by atoms with Gasteiger partial charge in [-0.2, -0.15) is 4.98 Å². The summed E-state index contributed by atoms with van der Waals surface area (Å²) in [4.78, 5) is 8.78. The molecular weight excluding hydrogens is 452 g/mol. The average Bonchev–Trinajstić information content (AvgIpc) is 3.34. The number of aromatic nitrogens is 2. The zero-order valence-corrected chi connectivity index (χ0v) is 23.7. The second-order valence-electron chi connectivity index (χ2n) is 11.5. The van der Waals surface area contributed by atoms with Gasteiger partial charge in [-0.15, -0.1) is 0 Å². The van der Waals surface area contributed by atoms with Crippen LogP contribution in [-0.4, -0.2) is 36.3 Å². The van der Waals surface area contributed by atoms with E-state index in [-0.39, 0.29) is 11.4 Å². The number of benzene rings is 1. The zero-order valence-electron chi connectivity index (χ0n) is 23.7. The van der Waals surface area contributed by atoms with E-state index in [0.717, 1.165) is 22.4 Å². The Bertz CT molecular complexity index is 1230. The van der Waals surface area contributed by atoms with Gasteiger partial charge in [0.05, 0.1) is 13.7 Å². The Morgan fingerprint density at radius 1 is 1.19 bits per heavy atom. The van der Waals surface area contributed by atoms with Crippen LogP contribution in [0.1, 0.15) is 79.0 Å². The highest BCUT2D eigenvalue weighted by Crippen LogP contribution is 2.67. The van der Waals surface area contributed by atoms with Gasteiger partial charge < -0.3 is 25.3 Å². The minimum Gasteiger partial charge on any atom is -0.493 e. The standard InChI is InChI=1S/C29H42N4O3/c1-12-35-22-20(34-11)13-18(28(7,8)19-14-32-26(30)33-25(19)31-10)21-15(2)16(3)29(9,36-23(21)22)24-17(4)27(24,5)6/h13-14,17,24H,12H2,1-11H3,(H3,30,31,32,33). The van der Waals surface area contributed by atoms with Crippen molar-refractivity contribution in [3.63, 3.8) is 0 Å². The van der Waals surface area contributed by atoms with Crippen molar-refractivity contribution in [3.05, 3.63) is 34.5 Å². The number of nitrogens with zero attached hydrogens (tertiary/aromatic N) is 2. The lowest BCUT2D eigenvalue weighted by Crippen LogP contribution is -2.42. The summed E-state index contributed by atoms with van der Waals surface area (Å²) in [5.41, 5.74) is 10.7. The Kier molecular flexibility index (Phi) is 6.21. The molecule has 7 nitrogen and oxygen atoms in total. The molecule has 3 atom stereocenters. The first kappa shape index (κ1) is 26.1. The number of fused-ring (bicyclic) bond motifs is 1. The highest BCUT2D eigenvalue weighted by atomic mass is 16.5. The van der Waals surface area contributed by atoms with Crippen LogP contribution in [0.15, 0.2) is 17.8 Å². The number of methoxy groups -OCH3 is 1. The molecule has 0 saturated heterocycles. The lowest BCUT2D eigenvalue weighted by atomic mass is 9.72. The van der Waals surface area contributed by atoms with Crippen molar-refractivity contribution < 1.29 is 14.2 Å². The second kappa shape index (κ2) is 8.56. The number of hydrogen-bond donors (Lipinski definition) is 2. The molecule has 1 aliphatic carbocycles. The molecule has 3 N–H and O–H groups in total. The van der Waals surface area contributed by atoms with Crippen LogP contribution in [-0.2, 0) is 5.41 Å². The largest absolute Gasteiger partial charge is 0.493 e. The van der Waals surface area contributed by atoms with E-state index in [1.807, 2.05) is 14.0 Å². The predicted octanol–water partition coefficient (Wildman–Crippen LogP) is 6.07. The van der Waals surface area contributed by atoms with Gasteiger partial charge in [-0.1, -0.05) is 34.6 Å². The number of nitrogens with two attached hydrogens (primary N) is 1. The van der Waals surface area contributed by atoms with Crippen LogP contribution in [0, 0.1) is 17.3 Å². The van der Waals surface area contributed by atoms with E-state index in [1.54, 1.807) is 13.3 Å². The average molecular weight is 495 g/mol. The summed E-state index contributed by atoms with van der Waals surface area (Å²) in [6.07, 6.45) is 1.80. The number of nitrogen functional groups attached to an aromatic ring is 1. The molecule has 1 aromatic carbocycles. The Morgan fingerprint density at radius 3 is 2.36 bits per heavy atom. The molecule has 2 aromatic rings. The van der Waals surface area contributed by atoms with Crippen molar-refractivity contribution in [1.82, 2.24) is 9.97 Å². The number of ether oxygens (including phenoxy) is 3. The monoisotopic (exact) mass is 494 g/mol. The lowest BCUT2D eigenvalue weighted by molar-refractivity contribution is 0.0775. The third kappa shape index (κ3) is 3.61. The van der Waals surface area contributed by atoms with E-state index in [1.165, 1.54) is 11.1 Å². The third-order valence-electron chi connectivity index (χ3n) is 9.06. The van der Waals surface area contributed by atoms with Crippen molar-refractivity contribution in [3.8, 4) is 17.2 Å². The Morgan fingerprint density at radius 2 is 1.83 bits per heavy atom. The van der Waals surface area contributed by atoms with E-state index in [2.05, 4.69) is 76.7 Å². The van der Waals surface area contributed by atoms with E-state index in [4.69, 9.17) is 19.9 Å². The van der Waals surface area contributed by atoms with Crippen molar-refractivity contribution in [2.75, 3.05) is 31.8 Å². The molecule has 0 spiro atoms. The van der Waals surface area contributed by atoms with Gasteiger partial charge >= 0.3 is 0 Å². The summed E-state index contributed by atoms with van der Waals surface area (Å²) in [5.74, 6) is 3.93. The van der Waals surface area contributed by atoms with Gasteiger partial charge in [0.15, 0.2) is 11.5 Å². The molecule has 1 aliphatic heterocycles. The Labute approximate surface area is 215 Å². The topological polar surface area (TPSA) is 91.5 Å². The Hall–Kier alpha value is -2.96. The predicted molar refractivity (Wildman–Crippen MR) is 146 cm³/mol. The van der Waals surface area contributed by atoms with Crippen LogP contribution < -0.4 is 25.3 Å². The van der Waals surface area contributed by atoms with E-state index >= 15 is 0 Å². The summed E-state index contributed by atoms with van der Waals surface area (Å²) in [7, 11) is 3.52. The first-order chi connectivity index (χ1) is 16.8. The quantitative estimate of drug-likeness (QED) is 0.483. The summed E-state index contributed by atoms with van der Waals surface area (Å²) < 4.78 is 19.2. The highest BCUT2D eigenvalue weighted by molar-refractivity contribution is 5.83. The minimum absolute atomic E-state index is 0.198. The third-order valence-corrected chi connectivity index (χ3v) is 9.06. The smallest absolute Gasteiger partial charge is 0.221 e. The van der Waals surface area contributed by atoms with Gasteiger partial charge in [0, 0.05) is 35.7 Å². The van der Waals surface area contributed by atoms with Crippen LogP contribution in [0.5, 0.6) is 17.2 Å². The molecule has 1 fully saturated rings. The molecular formula is C29H42N4O3. The second-order valence-corrected chi connectivity index (χ2v) is 11.5. The minimum atomic E-state index is -0.501. The normalized spacial score (nSPS) is 24.6. The van der Waals surface area contributed by atoms with Crippen molar-refractivity contribution in [1.29, 1.82) is 0 Å². The lowest BCUT2D eigenvalue weighted by Gasteiger charge is -2.42. The van der Waals surface area contributed by atoms with Gasteiger partial charge in [0.2, 0.25) is 11.7 Å². The molecule has 0 bridgehead atoms. The maximum Gasteiger partial charge on any atom is 0.221 e. The first-order valence-electron chi connectivity index (χ1n) is 12.8. The maximum atomic E-state index is 7.08. The van der Waals surface area contributed by atoms with E-state index in [9.17, 15) is 0 Å². The van der Waals surface area contributed by atoms with Gasteiger partial charge in [0.1, 0.15) is 11.4 Å². The number of hydrogen-bond acceptors (Lipinski definition) is 7.